The number of aromatic nitrogens is 1. The fourth-order valence-electron chi connectivity index (χ4n) is 5.30. The van der Waals surface area contributed by atoms with Crippen LogP contribution in [0.4, 0.5) is 0 Å². The molecule has 5 rings (SSSR count). The van der Waals surface area contributed by atoms with E-state index in [2.05, 4.69) is 17.4 Å². The second kappa shape index (κ2) is 9.74. The molecule has 1 aromatic heterocycles. The van der Waals surface area contributed by atoms with Crippen molar-refractivity contribution < 1.29 is 19.1 Å². The van der Waals surface area contributed by atoms with Crippen LogP contribution in [0.5, 0.6) is 5.75 Å². The molecule has 2 aliphatic heterocycles. The number of nitrogens with one attached hydrogen (secondary N) is 1. The normalized spacial score (nSPS) is 21.8. The summed E-state index contributed by atoms with van der Waals surface area (Å²) in [7, 11) is 1.63. The smallest absolute Gasteiger partial charge is 0.271 e. The number of ether oxygens (including phenoxy) is 2. The van der Waals surface area contributed by atoms with Gasteiger partial charge >= 0.3 is 0 Å². The Morgan fingerprint density at radius 2 is 2.03 bits per heavy atom. The largest absolute Gasteiger partial charge is 0.497 e. The highest BCUT2D eigenvalue weighted by Crippen LogP contribution is 2.34. The molecule has 7 nitrogen and oxygen atoms in total. The molecule has 184 valence electrons. The molecule has 2 amide bonds. The van der Waals surface area contributed by atoms with Gasteiger partial charge < -0.3 is 24.3 Å². The van der Waals surface area contributed by atoms with Crippen molar-refractivity contribution in [3.05, 3.63) is 65.9 Å². The van der Waals surface area contributed by atoms with Gasteiger partial charge in [-0.1, -0.05) is 30.3 Å². The molecular formula is C28H33N3O4. The van der Waals surface area contributed by atoms with E-state index in [1.807, 2.05) is 54.0 Å². The second-order valence-electron chi connectivity index (χ2n) is 9.71. The van der Waals surface area contributed by atoms with Gasteiger partial charge in [-0.15, -0.1) is 0 Å². The quantitative estimate of drug-likeness (QED) is 0.538. The first-order chi connectivity index (χ1) is 17.0. The van der Waals surface area contributed by atoms with E-state index in [-0.39, 0.29) is 17.9 Å². The summed E-state index contributed by atoms with van der Waals surface area (Å²) in [6.07, 6.45) is 3.63. The van der Waals surface area contributed by atoms with Crippen LogP contribution in [0.1, 0.15) is 42.2 Å². The third-order valence-corrected chi connectivity index (χ3v) is 7.33. The predicted molar refractivity (Wildman–Crippen MR) is 135 cm³/mol. The molecule has 3 heterocycles. The van der Waals surface area contributed by atoms with Gasteiger partial charge in [0.1, 0.15) is 17.0 Å². The summed E-state index contributed by atoms with van der Waals surface area (Å²) in [6, 6.07) is 17.9. The van der Waals surface area contributed by atoms with Crippen molar-refractivity contribution in [2.24, 2.45) is 0 Å². The van der Waals surface area contributed by atoms with Crippen LogP contribution in [0.25, 0.3) is 10.9 Å². The van der Waals surface area contributed by atoms with Crippen molar-refractivity contribution in [1.29, 1.82) is 0 Å². The first kappa shape index (κ1) is 23.4. The lowest BCUT2D eigenvalue weighted by Crippen LogP contribution is -2.64. The maximum absolute atomic E-state index is 13.8. The maximum Gasteiger partial charge on any atom is 0.271 e. The number of carbonyl (C=O) groups excluding carboxylic acids is 2. The molecule has 35 heavy (non-hydrogen) atoms. The number of fused-ring (bicyclic) bond motifs is 3. The molecule has 0 radical (unpaired) electrons. The van der Waals surface area contributed by atoms with Gasteiger partial charge in [0.05, 0.1) is 25.3 Å². The van der Waals surface area contributed by atoms with E-state index in [1.165, 1.54) is 5.56 Å². The molecule has 0 unspecified atom stereocenters. The summed E-state index contributed by atoms with van der Waals surface area (Å²) in [6.45, 7) is 3.97. The van der Waals surface area contributed by atoms with E-state index in [1.54, 1.807) is 12.0 Å². The zero-order valence-corrected chi connectivity index (χ0v) is 20.5. The molecule has 2 aromatic carbocycles. The van der Waals surface area contributed by atoms with Gasteiger partial charge in [0, 0.05) is 31.1 Å². The molecule has 1 N–H and O–H groups in total. The fourth-order valence-corrected chi connectivity index (χ4v) is 5.30. The van der Waals surface area contributed by atoms with Crippen LogP contribution in [0.2, 0.25) is 0 Å². The number of amides is 2. The van der Waals surface area contributed by atoms with Gasteiger partial charge in [-0.05, 0) is 56.4 Å². The Labute approximate surface area is 206 Å². The van der Waals surface area contributed by atoms with E-state index in [0.717, 1.165) is 48.9 Å². The number of rotatable bonds is 8. The van der Waals surface area contributed by atoms with Crippen molar-refractivity contribution in [3.63, 3.8) is 0 Å². The van der Waals surface area contributed by atoms with Crippen molar-refractivity contribution in [2.75, 3.05) is 26.8 Å². The van der Waals surface area contributed by atoms with Crippen LogP contribution >= 0.6 is 0 Å². The fraction of sp³-hybridized carbons (Fsp3) is 0.429. The lowest BCUT2D eigenvalue weighted by molar-refractivity contribution is -0.133. The van der Waals surface area contributed by atoms with Gasteiger partial charge in [0.2, 0.25) is 5.91 Å². The minimum atomic E-state index is -1.02. The van der Waals surface area contributed by atoms with Crippen molar-refractivity contribution in [1.82, 2.24) is 14.8 Å². The molecule has 0 saturated carbocycles. The molecule has 3 aromatic rings. The van der Waals surface area contributed by atoms with Gasteiger partial charge in [-0.2, -0.15) is 0 Å². The molecule has 7 heteroatoms. The number of carbonyl (C=O) groups is 2. The number of hydrogen-bond acceptors (Lipinski definition) is 4. The van der Waals surface area contributed by atoms with Crippen LogP contribution in [0.3, 0.4) is 0 Å². The molecule has 0 aliphatic carbocycles. The Kier molecular flexibility index (Phi) is 6.52. The first-order valence-electron chi connectivity index (χ1n) is 12.4. The highest BCUT2D eigenvalue weighted by Gasteiger charge is 2.47. The number of methoxy groups -OCH3 is 1. The monoisotopic (exact) mass is 475 g/mol. The highest BCUT2D eigenvalue weighted by molar-refractivity contribution is 6.03. The second-order valence-corrected chi connectivity index (χ2v) is 9.71. The summed E-state index contributed by atoms with van der Waals surface area (Å²) in [5, 5.41) is 4.05. The van der Waals surface area contributed by atoms with Crippen LogP contribution in [-0.4, -0.2) is 59.7 Å². The Morgan fingerprint density at radius 1 is 1.20 bits per heavy atom. The molecule has 2 aliphatic rings. The van der Waals surface area contributed by atoms with Crippen LogP contribution in [0, 0.1) is 0 Å². The van der Waals surface area contributed by atoms with Crippen LogP contribution in [-0.2, 0) is 22.5 Å². The zero-order chi connectivity index (χ0) is 24.4. The van der Waals surface area contributed by atoms with Crippen molar-refractivity contribution in [3.8, 4) is 5.75 Å². The van der Waals surface area contributed by atoms with Gasteiger partial charge in [-0.3, -0.25) is 9.59 Å². The van der Waals surface area contributed by atoms with E-state index >= 15 is 0 Å². The number of aryl methyl sites for hydroxylation is 1. The SMILES string of the molecule is COc1ccc2cc3n(c2c1)C[C@](C)(C(=O)NC[C@@H]1CCCO1)N(CCCc1ccccc1)C3=O. The summed E-state index contributed by atoms with van der Waals surface area (Å²) < 4.78 is 13.1. The standard InChI is InChI=1S/C28H33N3O4/c1-28(27(33)29-18-23-11-7-15-35-23)19-30-24-17-22(34-2)13-12-21(24)16-25(30)26(32)31(28)14-6-10-20-8-4-3-5-9-20/h3-5,8-9,12-13,16-17,23H,6-7,10-11,14-15,18-19H2,1-2H3,(H,29,33)/t23-,28+/m0/s1. The molecule has 1 fully saturated rings. The predicted octanol–water partition coefficient (Wildman–Crippen LogP) is 3.79. The minimum Gasteiger partial charge on any atom is -0.497 e. The summed E-state index contributed by atoms with van der Waals surface area (Å²) in [5.41, 5.74) is 1.71. The lowest BCUT2D eigenvalue weighted by atomic mass is 9.93. The number of nitrogens with zero attached hydrogens (tertiary/aromatic N) is 2. The Morgan fingerprint density at radius 3 is 2.77 bits per heavy atom. The van der Waals surface area contributed by atoms with E-state index < -0.39 is 5.54 Å². The topological polar surface area (TPSA) is 72.8 Å². The Balaban J connectivity index is 1.44. The minimum absolute atomic E-state index is 0.0422. The molecular weight excluding hydrogens is 442 g/mol. The highest BCUT2D eigenvalue weighted by atomic mass is 16.5. The van der Waals surface area contributed by atoms with Gasteiger partial charge in [-0.25, -0.2) is 0 Å². The summed E-state index contributed by atoms with van der Waals surface area (Å²) >= 11 is 0. The van der Waals surface area contributed by atoms with E-state index in [9.17, 15) is 9.59 Å². The average Bonchev–Trinajstić information content (AvgIpc) is 3.53. The first-order valence-corrected chi connectivity index (χ1v) is 12.4. The third kappa shape index (κ3) is 4.52. The molecule has 0 spiro atoms. The van der Waals surface area contributed by atoms with Crippen molar-refractivity contribution >= 4 is 22.7 Å². The lowest BCUT2D eigenvalue weighted by Gasteiger charge is -2.44. The zero-order valence-electron chi connectivity index (χ0n) is 20.5. The van der Waals surface area contributed by atoms with Gasteiger partial charge in [0.15, 0.2) is 0 Å². The number of hydrogen-bond donors (Lipinski definition) is 1. The van der Waals surface area contributed by atoms with Crippen LogP contribution in [0.15, 0.2) is 54.6 Å². The van der Waals surface area contributed by atoms with E-state index in [4.69, 9.17) is 9.47 Å². The molecule has 0 bridgehead atoms. The summed E-state index contributed by atoms with van der Waals surface area (Å²) in [4.78, 5) is 29.3. The summed E-state index contributed by atoms with van der Waals surface area (Å²) in [5.74, 6) is 0.464. The number of benzene rings is 2. The van der Waals surface area contributed by atoms with Crippen LogP contribution < -0.4 is 10.1 Å². The molecule has 1 saturated heterocycles. The third-order valence-electron chi connectivity index (χ3n) is 7.33. The average molecular weight is 476 g/mol. The Hall–Kier alpha value is -3.32. The van der Waals surface area contributed by atoms with Crippen molar-refractivity contribution in [2.45, 2.75) is 50.8 Å². The van der Waals surface area contributed by atoms with E-state index in [0.29, 0.717) is 25.3 Å². The maximum atomic E-state index is 13.8. The Bertz CT molecular complexity index is 1220. The van der Waals surface area contributed by atoms with Gasteiger partial charge in [0.25, 0.3) is 5.91 Å². The molecule has 2 atom stereocenters.